The molecule has 2 nitrogen and oxygen atoms in total. The van der Waals surface area contributed by atoms with E-state index >= 15 is 0 Å². The summed E-state index contributed by atoms with van der Waals surface area (Å²) >= 11 is 0. The second-order valence-corrected chi connectivity index (χ2v) is 5.29. The number of hydrogen-bond donors (Lipinski definition) is 1. The summed E-state index contributed by atoms with van der Waals surface area (Å²) in [5.41, 5.74) is 0.694. The summed E-state index contributed by atoms with van der Waals surface area (Å²) in [7, 11) is 0. The van der Waals surface area contributed by atoms with E-state index in [-0.39, 0.29) is 11.9 Å². The fourth-order valence-corrected chi connectivity index (χ4v) is 2.80. The average molecular weight is 246 g/mol. The Balaban J connectivity index is 2.03. The van der Waals surface area contributed by atoms with E-state index in [9.17, 15) is 9.65 Å². The molecule has 0 bridgehead atoms. The van der Waals surface area contributed by atoms with E-state index in [1.54, 1.807) is 12.1 Å². The molecule has 0 saturated heterocycles. The van der Waals surface area contributed by atoms with Gasteiger partial charge in [0.25, 0.3) is 0 Å². The van der Waals surface area contributed by atoms with Crippen LogP contribution in [0.2, 0.25) is 0 Å². The lowest BCUT2D eigenvalue weighted by molar-refractivity contribution is 0.274. The van der Waals surface area contributed by atoms with Gasteiger partial charge in [-0.15, -0.1) is 0 Å². The van der Waals surface area contributed by atoms with E-state index < -0.39 is 0 Å². The average Bonchev–Trinajstić information content (AvgIpc) is 2.36. The molecule has 0 aromatic heterocycles. The highest BCUT2D eigenvalue weighted by Gasteiger charge is 2.26. The number of halogens is 1. The lowest BCUT2D eigenvalue weighted by Crippen LogP contribution is -2.31. The zero-order chi connectivity index (χ0) is 13.0. The summed E-state index contributed by atoms with van der Waals surface area (Å²) in [6.45, 7) is 2.24. The fraction of sp³-hybridized carbons (Fsp3) is 0.533. The Morgan fingerprint density at radius 3 is 2.94 bits per heavy atom. The highest BCUT2D eigenvalue weighted by atomic mass is 19.1. The maximum Gasteiger partial charge on any atom is 0.125 e. The molecular weight excluding hydrogens is 227 g/mol. The Labute approximate surface area is 108 Å². The largest absolute Gasteiger partial charge is 0.370 e. The number of nitriles is 1. The van der Waals surface area contributed by atoms with Gasteiger partial charge in [0, 0.05) is 5.69 Å². The Hall–Kier alpha value is -1.56. The van der Waals surface area contributed by atoms with E-state index in [0.717, 1.165) is 12.8 Å². The van der Waals surface area contributed by atoms with Crippen LogP contribution in [0.1, 0.15) is 32.6 Å². The summed E-state index contributed by atoms with van der Waals surface area (Å²) in [5.74, 6) is 0.796. The maximum absolute atomic E-state index is 13.1. The molecule has 1 aromatic carbocycles. The van der Waals surface area contributed by atoms with Crippen LogP contribution in [0.15, 0.2) is 24.3 Å². The third-order valence-corrected chi connectivity index (χ3v) is 3.73. The number of rotatable bonds is 3. The molecule has 3 unspecified atom stereocenters. The first-order chi connectivity index (χ1) is 8.69. The Morgan fingerprint density at radius 2 is 2.28 bits per heavy atom. The number of anilines is 1. The van der Waals surface area contributed by atoms with Crippen molar-refractivity contribution in [2.75, 3.05) is 5.32 Å². The van der Waals surface area contributed by atoms with Crippen molar-refractivity contribution < 1.29 is 4.39 Å². The molecule has 1 fully saturated rings. The Bertz CT molecular complexity index is 438. The lowest BCUT2D eigenvalue weighted by Gasteiger charge is -2.30. The molecule has 1 aromatic rings. The quantitative estimate of drug-likeness (QED) is 0.876. The van der Waals surface area contributed by atoms with Crippen molar-refractivity contribution in [2.24, 2.45) is 11.8 Å². The van der Waals surface area contributed by atoms with Crippen molar-refractivity contribution in [3.05, 3.63) is 30.1 Å². The predicted octanol–water partition coefficient (Wildman–Crippen LogP) is 3.96. The molecule has 1 aliphatic rings. The van der Waals surface area contributed by atoms with Crippen LogP contribution in [0.25, 0.3) is 0 Å². The molecule has 0 radical (unpaired) electrons. The van der Waals surface area contributed by atoms with Gasteiger partial charge in [-0.3, -0.25) is 0 Å². The van der Waals surface area contributed by atoms with Gasteiger partial charge in [-0.25, -0.2) is 4.39 Å². The molecule has 0 amide bonds. The summed E-state index contributed by atoms with van der Waals surface area (Å²) < 4.78 is 13.1. The van der Waals surface area contributed by atoms with E-state index in [0.29, 0.717) is 17.5 Å². The van der Waals surface area contributed by atoms with Crippen molar-refractivity contribution in [3.8, 4) is 6.07 Å². The third kappa shape index (κ3) is 3.22. The molecular formula is C15H19FN2. The zero-order valence-corrected chi connectivity index (χ0v) is 10.7. The topological polar surface area (TPSA) is 35.8 Å². The SMILES string of the molecule is CC1CCCC(C(C#N)Nc2cccc(F)c2)C1. The van der Waals surface area contributed by atoms with Gasteiger partial charge in [0.05, 0.1) is 6.07 Å². The van der Waals surface area contributed by atoms with Gasteiger partial charge in [0.15, 0.2) is 0 Å². The van der Waals surface area contributed by atoms with E-state index in [1.807, 2.05) is 0 Å². The molecule has 1 saturated carbocycles. The van der Waals surface area contributed by atoms with Crippen LogP contribution in [-0.4, -0.2) is 6.04 Å². The number of nitrogens with zero attached hydrogens (tertiary/aromatic N) is 1. The minimum Gasteiger partial charge on any atom is -0.370 e. The van der Waals surface area contributed by atoms with Crippen LogP contribution in [0.5, 0.6) is 0 Å². The first-order valence-electron chi connectivity index (χ1n) is 6.60. The lowest BCUT2D eigenvalue weighted by atomic mass is 9.79. The molecule has 2 rings (SSSR count). The first-order valence-corrected chi connectivity index (χ1v) is 6.60. The van der Waals surface area contributed by atoms with Crippen molar-refractivity contribution >= 4 is 5.69 Å². The van der Waals surface area contributed by atoms with Crippen molar-refractivity contribution in [3.63, 3.8) is 0 Å². The second kappa shape index (κ2) is 5.86. The summed E-state index contributed by atoms with van der Waals surface area (Å²) in [6, 6.07) is 8.43. The van der Waals surface area contributed by atoms with Gasteiger partial charge in [0.2, 0.25) is 0 Å². The van der Waals surface area contributed by atoms with Gasteiger partial charge in [0.1, 0.15) is 11.9 Å². The molecule has 1 N–H and O–H groups in total. The van der Waals surface area contributed by atoms with Crippen LogP contribution in [0.4, 0.5) is 10.1 Å². The van der Waals surface area contributed by atoms with Gasteiger partial charge in [-0.1, -0.05) is 25.8 Å². The van der Waals surface area contributed by atoms with Crippen LogP contribution >= 0.6 is 0 Å². The maximum atomic E-state index is 13.1. The number of nitrogens with one attached hydrogen (secondary N) is 1. The number of hydrogen-bond acceptors (Lipinski definition) is 2. The van der Waals surface area contributed by atoms with Crippen molar-refractivity contribution in [2.45, 2.75) is 38.6 Å². The minimum absolute atomic E-state index is 0.213. The van der Waals surface area contributed by atoms with Crippen LogP contribution in [0.3, 0.4) is 0 Å². The molecule has 3 atom stereocenters. The normalized spacial score (nSPS) is 25.2. The van der Waals surface area contributed by atoms with E-state index in [2.05, 4.69) is 18.3 Å². The monoisotopic (exact) mass is 246 g/mol. The smallest absolute Gasteiger partial charge is 0.125 e. The zero-order valence-electron chi connectivity index (χ0n) is 10.7. The van der Waals surface area contributed by atoms with Crippen molar-refractivity contribution in [1.82, 2.24) is 0 Å². The first kappa shape index (κ1) is 12.9. The van der Waals surface area contributed by atoms with Crippen LogP contribution in [-0.2, 0) is 0 Å². The minimum atomic E-state index is -0.270. The molecule has 18 heavy (non-hydrogen) atoms. The van der Waals surface area contributed by atoms with Gasteiger partial charge in [-0.2, -0.15) is 5.26 Å². The van der Waals surface area contributed by atoms with Gasteiger partial charge < -0.3 is 5.32 Å². The van der Waals surface area contributed by atoms with Crippen LogP contribution < -0.4 is 5.32 Å². The fourth-order valence-electron chi connectivity index (χ4n) is 2.80. The summed E-state index contributed by atoms with van der Waals surface area (Å²) in [5, 5.41) is 12.4. The third-order valence-electron chi connectivity index (χ3n) is 3.73. The molecule has 0 aliphatic heterocycles. The predicted molar refractivity (Wildman–Crippen MR) is 70.5 cm³/mol. The van der Waals surface area contributed by atoms with E-state index in [1.165, 1.54) is 25.0 Å². The highest BCUT2D eigenvalue weighted by Crippen LogP contribution is 2.31. The molecule has 0 heterocycles. The molecule has 0 spiro atoms. The van der Waals surface area contributed by atoms with Gasteiger partial charge >= 0.3 is 0 Å². The van der Waals surface area contributed by atoms with Crippen LogP contribution in [0, 0.1) is 29.0 Å². The highest BCUT2D eigenvalue weighted by molar-refractivity contribution is 5.45. The van der Waals surface area contributed by atoms with Gasteiger partial charge in [-0.05, 0) is 42.9 Å². The molecule has 96 valence electrons. The number of benzene rings is 1. The molecule has 1 aliphatic carbocycles. The Morgan fingerprint density at radius 1 is 1.44 bits per heavy atom. The Kier molecular flexibility index (Phi) is 4.19. The summed E-state index contributed by atoms with van der Waals surface area (Å²) in [4.78, 5) is 0. The second-order valence-electron chi connectivity index (χ2n) is 5.29. The summed E-state index contributed by atoms with van der Waals surface area (Å²) in [6.07, 6.45) is 4.62. The van der Waals surface area contributed by atoms with Crippen molar-refractivity contribution in [1.29, 1.82) is 5.26 Å². The standard InChI is InChI=1S/C15H19FN2/c1-11-4-2-5-12(8-11)15(10-17)18-14-7-3-6-13(16)9-14/h3,6-7,9,11-12,15,18H,2,4-5,8H2,1H3. The van der Waals surface area contributed by atoms with E-state index in [4.69, 9.17) is 0 Å². The molecule has 3 heteroatoms.